The summed E-state index contributed by atoms with van der Waals surface area (Å²) in [5.41, 5.74) is 1.04. The summed E-state index contributed by atoms with van der Waals surface area (Å²) in [4.78, 5) is 56.7. The first kappa shape index (κ1) is 30.4. The van der Waals surface area contributed by atoms with Crippen molar-refractivity contribution in [1.29, 1.82) is 0 Å². The number of carbonyl (C=O) groups excluding carboxylic acids is 3. The number of amides is 4. The van der Waals surface area contributed by atoms with Crippen molar-refractivity contribution in [3.63, 3.8) is 0 Å². The minimum atomic E-state index is -1.30. The van der Waals surface area contributed by atoms with Crippen LogP contribution in [-0.4, -0.2) is 78.7 Å². The fourth-order valence-corrected chi connectivity index (χ4v) is 4.63. The molecule has 1 aromatic carbocycles. The second-order valence-corrected chi connectivity index (χ2v) is 9.99. The van der Waals surface area contributed by atoms with Crippen LogP contribution < -0.4 is 10.6 Å². The predicted octanol–water partition coefficient (Wildman–Crippen LogP) is 3.23. The number of hydrogen-bond acceptors (Lipinski definition) is 5. The van der Waals surface area contributed by atoms with Crippen molar-refractivity contribution in [3.8, 4) is 0 Å². The van der Waals surface area contributed by atoms with Gasteiger partial charge in [-0.3, -0.25) is 19.2 Å². The van der Waals surface area contributed by atoms with Crippen molar-refractivity contribution in [2.45, 2.75) is 69.9 Å². The molecule has 37 heavy (non-hydrogen) atoms. The van der Waals surface area contributed by atoms with Crippen molar-refractivity contribution in [1.82, 2.24) is 20.6 Å². The Hall–Kier alpha value is -2.85. The second kappa shape index (κ2) is 15.4. The van der Waals surface area contributed by atoms with Crippen LogP contribution in [0.1, 0.15) is 56.9 Å². The minimum Gasteiger partial charge on any atom is -0.465 e. The molecule has 11 heteroatoms. The third-order valence-electron chi connectivity index (χ3n) is 6.83. The average molecular weight is 539 g/mol. The number of halogens is 1. The standard InChI is InChI=1S/C26H39ClN4O6/c1-30(16-15-18-9-11-20(27)12-10-18)23(32)14-13-21(25(34)31(2)37-3)28-24(33)22(29-26(35)36)17-19-7-5-4-6-8-19/h9-12,19,21-22,29H,4-8,13-17H2,1-3H3,(H,28,33)(H,35,36). The van der Waals surface area contributed by atoms with Gasteiger partial charge in [0.25, 0.3) is 5.91 Å². The zero-order valence-corrected chi connectivity index (χ0v) is 22.6. The number of nitrogens with zero attached hydrogens (tertiary/aromatic N) is 2. The maximum atomic E-state index is 13.1. The van der Waals surface area contributed by atoms with Crippen LogP contribution >= 0.6 is 11.6 Å². The molecule has 2 atom stereocenters. The molecule has 0 heterocycles. The van der Waals surface area contributed by atoms with Crippen LogP contribution in [0.2, 0.25) is 5.02 Å². The molecular formula is C26H39ClN4O6. The van der Waals surface area contributed by atoms with Gasteiger partial charge in [-0.15, -0.1) is 0 Å². The van der Waals surface area contributed by atoms with E-state index in [1.165, 1.54) is 14.2 Å². The highest BCUT2D eigenvalue weighted by Gasteiger charge is 2.31. The number of nitrogens with one attached hydrogen (secondary N) is 2. The SMILES string of the molecule is CON(C)C(=O)C(CCC(=O)N(C)CCc1ccc(Cl)cc1)NC(=O)C(CC1CCCCC1)NC(=O)O. The quantitative estimate of drug-likeness (QED) is 0.331. The highest BCUT2D eigenvalue weighted by molar-refractivity contribution is 6.30. The van der Waals surface area contributed by atoms with Gasteiger partial charge < -0.3 is 20.6 Å². The summed E-state index contributed by atoms with van der Waals surface area (Å²) in [6.45, 7) is 0.482. The van der Waals surface area contributed by atoms with Gasteiger partial charge in [-0.05, 0) is 42.9 Å². The van der Waals surface area contributed by atoms with E-state index in [0.29, 0.717) is 24.4 Å². The molecule has 1 fully saturated rings. The van der Waals surface area contributed by atoms with Crippen LogP contribution in [0, 0.1) is 5.92 Å². The zero-order chi connectivity index (χ0) is 27.4. The number of benzene rings is 1. The molecule has 0 spiro atoms. The summed E-state index contributed by atoms with van der Waals surface area (Å²) in [5.74, 6) is -1.05. The Morgan fingerprint density at radius 1 is 1.05 bits per heavy atom. The molecule has 0 radical (unpaired) electrons. The van der Waals surface area contributed by atoms with E-state index in [2.05, 4.69) is 10.6 Å². The van der Waals surface area contributed by atoms with E-state index in [-0.39, 0.29) is 24.7 Å². The molecule has 2 rings (SSSR count). The maximum Gasteiger partial charge on any atom is 0.405 e. The van der Waals surface area contributed by atoms with Gasteiger partial charge in [-0.1, -0.05) is 55.8 Å². The molecule has 0 aromatic heterocycles. The van der Waals surface area contributed by atoms with Crippen molar-refractivity contribution in [3.05, 3.63) is 34.9 Å². The lowest BCUT2D eigenvalue weighted by molar-refractivity contribution is -0.172. The van der Waals surface area contributed by atoms with E-state index >= 15 is 0 Å². The highest BCUT2D eigenvalue weighted by Crippen LogP contribution is 2.27. The Morgan fingerprint density at radius 3 is 2.30 bits per heavy atom. The Kier molecular flexibility index (Phi) is 12.7. The van der Waals surface area contributed by atoms with Crippen LogP contribution in [0.25, 0.3) is 0 Å². The van der Waals surface area contributed by atoms with Gasteiger partial charge in [-0.25, -0.2) is 9.86 Å². The molecule has 3 N–H and O–H groups in total. The van der Waals surface area contributed by atoms with E-state index in [1.807, 2.05) is 12.1 Å². The maximum absolute atomic E-state index is 13.1. The van der Waals surface area contributed by atoms with Crippen LogP contribution in [-0.2, 0) is 25.6 Å². The molecule has 1 aromatic rings. The highest BCUT2D eigenvalue weighted by atomic mass is 35.5. The van der Waals surface area contributed by atoms with E-state index in [1.54, 1.807) is 24.1 Å². The van der Waals surface area contributed by atoms with E-state index in [4.69, 9.17) is 16.4 Å². The largest absolute Gasteiger partial charge is 0.465 e. The molecule has 1 aliphatic rings. The van der Waals surface area contributed by atoms with Gasteiger partial charge in [-0.2, -0.15) is 0 Å². The van der Waals surface area contributed by atoms with Crippen LogP contribution in [0.5, 0.6) is 0 Å². The number of carbonyl (C=O) groups is 4. The molecule has 0 bridgehead atoms. The minimum absolute atomic E-state index is 0.0189. The lowest BCUT2D eigenvalue weighted by Crippen LogP contribution is -2.54. The van der Waals surface area contributed by atoms with Gasteiger partial charge in [0.05, 0.1) is 7.11 Å². The van der Waals surface area contributed by atoms with E-state index in [0.717, 1.165) is 42.7 Å². The predicted molar refractivity (Wildman–Crippen MR) is 140 cm³/mol. The smallest absolute Gasteiger partial charge is 0.405 e. The first-order valence-electron chi connectivity index (χ1n) is 12.7. The molecule has 0 saturated heterocycles. The summed E-state index contributed by atoms with van der Waals surface area (Å²) < 4.78 is 0. The lowest BCUT2D eigenvalue weighted by Gasteiger charge is -2.28. The molecule has 1 saturated carbocycles. The van der Waals surface area contributed by atoms with E-state index < -0.39 is 30.0 Å². The summed E-state index contributed by atoms with van der Waals surface area (Å²) in [7, 11) is 4.42. The Bertz CT molecular complexity index is 907. The molecule has 2 unspecified atom stereocenters. The van der Waals surface area contributed by atoms with Crippen LogP contribution in [0.3, 0.4) is 0 Å². The number of hydroxylamine groups is 2. The number of hydrogen-bond donors (Lipinski definition) is 3. The van der Waals surface area contributed by atoms with Crippen molar-refractivity contribution < 1.29 is 29.1 Å². The monoisotopic (exact) mass is 538 g/mol. The zero-order valence-electron chi connectivity index (χ0n) is 21.9. The fraction of sp³-hybridized carbons (Fsp3) is 0.615. The van der Waals surface area contributed by atoms with Gasteiger partial charge in [0, 0.05) is 32.1 Å². The second-order valence-electron chi connectivity index (χ2n) is 9.55. The molecule has 206 valence electrons. The van der Waals surface area contributed by atoms with Crippen molar-refractivity contribution in [2.24, 2.45) is 5.92 Å². The van der Waals surface area contributed by atoms with Gasteiger partial charge >= 0.3 is 6.09 Å². The third-order valence-corrected chi connectivity index (χ3v) is 7.08. The lowest BCUT2D eigenvalue weighted by atomic mass is 9.84. The topological polar surface area (TPSA) is 128 Å². The number of rotatable bonds is 13. The Balaban J connectivity index is 2.00. The van der Waals surface area contributed by atoms with Gasteiger partial charge in [0.2, 0.25) is 11.8 Å². The van der Waals surface area contributed by atoms with Crippen molar-refractivity contribution in [2.75, 3.05) is 27.7 Å². The summed E-state index contributed by atoms with van der Waals surface area (Å²) in [6, 6.07) is 5.37. The van der Waals surface area contributed by atoms with Gasteiger partial charge in [0.15, 0.2) is 0 Å². The Morgan fingerprint density at radius 2 is 1.70 bits per heavy atom. The molecule has 4 amide bonds. The summed E-state index contributed by atoms with van der Waals surface area (Å²) in [6.07, 6.45) is 4.91. The first-order chi connectivity index (χ1) is 17.6. The Labute approximate surface area is 223 Å². The van der Waals surface area contributed by atoms with Crippen LogP contribution in [0.4, 0.5) is 4.79 Å². The summed E-state index contributed by atoms with van der Waals surface area (Å²) >= 11 is 5.92. The first-order valence-corrected chi connectivity index (χ1v) is 13.1. The molecular weight excluding hydrogens is 500 g/mol. The van der Waals surface area contributed by atoms with E-state index in [9.17, 15) is 24.3 Å². The normalized spacial score (nSPS) is 15.4. The molecule has 1 aliphatic carbocycles. The number of likely N-dealkylation sites (N-methyl/N-ethyl adjacent to an activating group) is 2. The summed E-state index contributed by atoms with van der Waals surface area (Å²) in [5, 5.41) is 15.9. The average Bonchev–Trinajstić information content (AvgIpc) is 2.89. The fourth-order valence-electron chi connectivity index (χ4n) is 4.51. The third kappa shape index (κ3) is 10.6. The molecule has 10 nitrogen and oxygen atoms in total. The van der Waals surface area contributed by atoms with Crippen molar-refractivity contribution >= 4 is 35.4 Å². The number of carboxylic acid groups (broad SMARTS) is 1. The molecule has 0 aliphatic heterocycles. The van der Waals surface area contributed by atoms with Gasteiger partial charge in [0.1, 0.15) is 12.1 Å². The van der Waals surface area contributed by atoms with Crippen LogP contribution in [0.15, 0.2) is 24.3 Å².